The summed E-state index contributed by atoms with van der Waals surface area (Å²) in [4.78, 5) is 19.0. The van der Waals surface area contributed by atoms with Crippen LogP contribution in [-0.2, 0) is 0 Å². The summed E-state index contributed by atoms with van der Waals surface area (Å²) in [5, 5.41) is 10.3. The molecule has 27 heavy (non-hydrogen) atoms. The fraction of sp³-hybridized carbons (Fsp3) is 0.444. The Kier molecular flexibility index (Phi) is 4.47. The Hall–Kier alpha value is -2.68. The summed E-state index contributed by atoms with van der Waals surface area (Å²) in [7, 11) is 0. The molecule has 142 valence electrons. The van der Waals surface area contributed by atoms with Crippen LogP contribution in [0.4, 0.5) is 14.6 Å². The summed E-state index contributed by atoms with van der Waals surface area (Å²) < 4.78 is 27.5. The van der Waals surface area contributed by atoms with Crippen molar-refractivity contribution in [1.29, 1.82) is 0 Å². The van der Waals surface area contributed by atoms with Gasteiger partial charge in [-0.1, -0.05) is 0 Å². The predicted octanol–water partition coefficient (Wildman–Crippen LogP) is 2.87. The van der Waals surface area contributed by atoms with Gasteiger partial charge in [0.2, 0.25) is 0 Å². The van der Waals surface area contributed by atoms with Crippen molar-refractivity contribution in [3.8, 4) is 11.5 Å². The second-order valence-corrected chi connectivity index (χ2v) is 7.06. The first kappa shape index (κ1) is 17.7. The monoisotopic (exact) mass is 374 g/mol. The van der Waals surface area contributed by atoms with Gasteiger partial charge in [0.05, 0.1) is 18.0 Å². The molecule has 0 saturated carbocycles. The van der Waals surface area contributed by atoms with Crippen molar-refractivity contribution in [1.82, 2.24) is 24.3 Å². The van der Waals surface area contributed by atoms with E-state index in [4.69, 9.17) is 0 Å². The highest BCUT2D eigenvalue weighted by molar-refractivity contribution is 5.58. The van der Waals surface area contributed by atoms with E-state index >= 15 is 0 Å². The number of aromatic nitrogens is 5. The highest BCUT2D eigenvalue weighted by Gasteiger charge is 2.25. The molecule has 1 aliphatic rings. The number of fused-ring (bicyclic) bond motifs is 1. The van der Waals surface area contributed by atoms with Crippen LogP contribution in [-0.4, -0.2) is 48.1 Å². The van der Waals surface area contributed by atoms with Crippen LogP contribution in [0, 0.1) is 0 Å². The summed E-state index contributed by atoms with van der Waals surface area (Å²) in [5.74, 6) is 1.15. The van der Waals surface area contributed by atoms with Crippen molar-refractivity contribution in [2.45, 2.75) is 38.2 Å². The van der Waals surface area contributed by atoms with Crippen molar-refractivity contribution >= 4 is 11.5 Å². The van der Waals surface area contributed by atoms with E-state index in [1.165, 1.54) is 16.8 Å². The minimum absolute atomic E-state index is 0.326. The van der Waals surface area contributed by atoms with Gasteiger partial charge in [-0.05, 0) is 32.3 Å². The molecule has 1 saturated heterocycles. The quantitative estimate of drug-likeness (QED) is 0.759. The molecule has 0 amide bonds. The fourth-order valence-corrected chi connectivity index (χ4v) is 3.32. The van der Waals surface area contributed by atoms with E-state index in [0.717, 1.165) is 25.2 Å². The molecule has 0 aromatic carbocycles. The van der Waals surface area contributed by atoms with E-state index in [9.17, 15) is 13.9 Å². The largest absolute Gasteiger partial charge is 0.390 e. The van der Waals surface area contributed by atoms with Crippen LogP contribution in [0.5, 0.6) is 0 Å². The smallest absolute Gasteiger partial charge is 0.281 e. The zero-order chi connectivity index (χ0) is 19.0. The van der Waals surface area contributed by atoms with Gasteiger partial charge >= 0.3 is 0 Å². The molecular weight excluding hydrogens is 354 g/mol. The van der Waals surface area contributed by atoms with Crippen molar-refractivity contribution in [3.05, 3.63) is 36.5 Å². The van der Waals surface area contributed by atoms with Crippen molar-refractivity contribution in [2.24, 2.45) is 0 Å². The van der Waals surface area contributed by atoms with E-state index in [-0.39, 0.29) is 5.69 Å². The van der Waals surface area contributed by atoms with Crippen LogP contribution in [0.25, 0.3) is 17.2 Å². The van der Waals surface area contributed by atoms with Gasteiger partial charge in [-0.2, -0.15) is 0 Å². The first-order chi connectivity index (χ1) is 12.9. The molecule has 3 aromatic heterocycles. The van der Waals surface area contributed by atoms with Gasteiger partial charge in [-0.3, -0.25) is 4.40 Å². The van der Waals surface area contributed by atoms with Gasteiger partial charge in [0.15, 0.2) is 11.5 Å². The molecule has 9 heteroatoms. The highest BCUT2D eigenvalue weighted by Crippen LogP contribution is 2.26. The summed E-state index contributed by atoms with van der Waals surface area (Å²) in [6.07, 6.45) is 5.39. The molecular formula is C18H20F2N6O. The van der Waals surface area contributed by atoms with Gasteiger partial charge in [0, 0.05) is 25.5 Å². The lowest BCUT2D eigenvalue weighted by Crippen LogP contribution is -2.28. The first-order valence-corrected chi connectivity index (χ1v) is 8.85. The number of hydrogen-bond donors (Lipinski definition) is 1. The third kappa shape index (κ3) is 3.59. The minimum Gasteiger partial charge on any atom is -0.390 e. The van der Waals surface area contributed by atoms with E-state index in [1.807, 2.05) is 13.0 Å². The van der Waals surface area contributed by atoms with Crippen molar-refractivity contribution in [3.63, 3.8) is 0 Å². The maximum Gasteiger partial charge on any atom is 0.281 e. The van der Waals surface area contributed by atoms with Gasteiger partial charge in [0.25, 0.3) is 6.43 Å². The van der Waals surface area contributed by atoms with Crippen LogP contribution in [0.1, 0.15) is 38.3 Å². The number of aliphatic hydroxyl groups is 1. The molecule has 1 unspecified atom stereocenters. The number of imidazole rings is 1. The standard InChI is InChI=1S/C18H20F2N6O/c1-18(27)4-2-7-25(8-5-18)14-3-6-21-17(24-14)13-9-23-15-10-22-12(16(19)20)11-26(13)15/h3,6,9-11,16,27H,2,4-5,7-8H2,1H3. The summed E-state index contributed by atoms with van der Waals surface area (Å²) in [5.41, 5.74) is -0.00914. The Balaban J connectivity index is 1.68. The van der Waals surface area contributed by atoms with Gasteiger partial charge in [-0.15, -0.1) is 0 Å². The molecule has 1 fully saturated rings. The third-order valence-corrected chi connectivity index (χ3v) is 4.90. The Morgan fingerprint density at radius 2 is 2.00 bits per heavy atom. The Bertz CT molecular complexity index is 958. The molecule has 0 spiro atoms. The average Bonchev–Trinajstić information content (AvgIpc) is 2.98. The van der Waals surface area contributed by atoms with E-state index in [0.29, 0.717) is 30.1 Å². The zero-order valence-corrected chi connectivity index (χ0v) is 14.9. The molecule has 7 nitrogen and oxygen atoms in total. The Morgan fingerprint density at radius 3 is 2.81 bits per heavy atom. The minimum atomic E-state index is -2.67. The molecule has 0 aliphatic carbocycles. The van der Waals surface area contributed by atoms with E-state index < -0.39 is 12.0 Å². The van der Waals surface area contributed by atoms with E-state index in [2.05, 4.69) is 24.8 Å². The number of nitrogens with zero attached hydrogens (tertiary/aromatic N) is 6. The normalized spacial score (nSPS) is 21.0. The molecule has 0 radical (unpaired) electrons. The Labute approximate surface area is 154 Å². The third-order valence-electron chi connectivity index (χ3n) is 4.90. The van der Waals surface area contributed by atoms with Gasteiger partial charge in [0.1, 0.15) is 17.2 Å². The molecule has 4 heterocycles. The van der Waals surface area contributed by atoms with Crippen LogP contribution < -0.4 is 4.90 Å². The average molecular weight is 374 g/mol. The van der Waals surface area contributed by atoms with Crippen LogP contribution >= 0.6 is 0 Å². The number of anilines is 1. The fourth-order valence-electron chi connectivity index (χ4n) is 3.32. The molecule has 4 rings (SSSR count). The first-order valence-electron chi connectivity index (χ1n) is 8.85. The zero-order valence-electron chi connectivity index (χ0n) is 14.9. The SMILES string of the molecule is CC1(O)CCCN(c2ccnc(-c3cnc4cnc(C(F)F)cn34)n2)CC1. The number of alkyl halides is 2. The second kappa shape index (κ2) is 6.80. The molecule has 3 aromatic rings. The lowest BCUT2D eigenvalue weighted by Gasteiger charge is -2.23. The maximum absolute atomic E-state index is 13.0. The number of hydrogen-bond acceptors (Lipinski definition) is 6. The molecule has 1 aliphatic heterocycles. The molecule has 0 bridgehead atoms. The van der Waals surface area contributed by atoms with Gasteiger partial charge < -0.3 is 10.0 Å². The van der Waals surface area contributed by atoms with Crippen LogP contribution in [0.3, 0.4) is 0 Å². The lowest BCUT2D eigenvalue weighted by atomic mass is 9.98. The lowest BCUT2D eigenvalue weighted by molar-refractivity contribution is 0.0481. The van der Waals surface area contributed by atoms with Gasteiger partial charge in [-0.25, -0.2) is 28.7 Å². The summed E-state index contributed by atoms with van der Waals surface area (Å²) >= 11 is 0. The number of halogens is 2. The molecule has 1 N–H and O–H groups in total. The van der Waals surface area contributed by atoms with E-state index in [1.54, 1.807) is 12.4 Å². The maximum atomic E-state index is 13.0. The van der Waals surface area contributed by atoms with Crippen molar-refractivity contribution < 1.29 is 13.9 Å². The topological polar surface area (TPSA) is 79.4 Å². The molecule has 1 atom stereocenters. The number of rotatable bonds is 3. The summed E-state index contributed by atoms with van der Waals surface area (Å²) in [6.45, 7) is 3.34. The summed E-state index contributed by atoms with van der Waals surface area (Å²) in [6, 6.07) is 1.82. The van der Waals surface area contributed by atoms with Crippen LogP contribution in [0.2, 0.25) is 0 Å². The highest BCUT2D eigenvalue weighted by atomic mass is 19.3. The second-order valence-electron chi connectivity index (χ2n) is 7.06. The van der Waals surface area contributed by atoms with Crippen molar-refractivity contribution in [2.75, 3.05) is 18.0 Å². The predicted molar refractivity (Wildman–Crippen MR) is 95.7 cm³/mol. The Morgan fingerprint density at radius 1 is 1.15 bits per heavy atom. The van der Waals surface area contributed by atoms with Crippen LogP contribution in [0.15, 0.2) is 30.9 Å².